The number of nitrogens with zero attached hydrogens (tertiary/aromatic N) is 1. The predicted octanol–water partition coefficient (Wildman–Crippen LogP) is 1.94. The normalized spacial score (nSPS) is 16.9. The van der Waals surface area contributed by atoms with Crippen molar-refractivity contribution in [2.24, 2.45) is 5.73 Å². The molecule has 0 aliphatic heterocycles. The Morgan fingerprint density at radius 2 is 1.95 bits per heavy atom. The van der Waals surface area contributed by atoms with Crippen LogP contribution in [0.1, 0.15) is 28.4 Å². The average molecular weight is 253 g/mol. The number of carbonyl (C=O) groups is 1. The molecule has 1 aliphatic carbocycles. The summed E-state index contributed by atoms with van der Waals surface area (Å²) < 4.78 is 0. The van der Waals surface area contributed by atoms with Gasteiger partial charge in [0.05, 0.1) is 6.04 Å². The van der Waals surface area contributed by atoms with E-state index in [1.165, 1.54) is 5.56 Å². The second-order valence-electron chi connectivity index (χ2n) is 4.68. The number of carbonyl (C=O) groups excluding carboxylic acids is 1. The largest absolute Gasteiger partial charge is 0.352 e. The van der Waals surface area contributed by atoms with E-state index in [0.29, 0.717) is 0 Å². The fourth-order valence-corrected chi connectivity index (χ4v) is 2.68. The molecule has 1 aromatic heterocycles. The Morgan fingerprint density at radius 1 is 1.16 bits per heavy atom. The molecule has 1 aromatic carbocycles. The van der Waals surface area contributed by atoms with Crippen molar-refractivity contribution in [2.75, 3.05) is 0 Å². The van der Waals surface area contributed by atoms with Gasteiger partial charge in [-0.1, -0.05) is 30.3 Å². The first kappa shape index (κ1) is 11.7. The van der Waals surface area contributed by atoms with Crippen LogP contribution in [0, 0.1) is 0 Å². The average Bonchev–Trinajstić information content (AvgIpc) is 2.57. The molecule has 0 radical (unpaired) electrons. The van der Waals surface area contributed by atoms with Crippen LogP contribution < -0.4 is 11.1 Å². The summed E-state index contributed by atoms with van der Waals surface area (Å²) in [6.07, 6.45) is 3.59. The first-order valence-corrected chi connectivity index (χ1v) is 6.33. The number of aromatic nitrogens is 1. The zero-order chi connectivity index (χ0) is 13.2. The standard InChI is InChI=1S/C15H15N3O/c16-15(19)18-14-11-5-2-1-4-10(11)7-8-13-12(14)6-3-9-17-13/h1-6,9,14H,7-8H2,(H3,16,18,19). The molecule has 2 amide bonds. The third kappa shape index (κ3) is 2.17. The molecule has 4 heteroatoms. The number of rotatable bonds is 1. The summed E-state index contributed by atoms with van der Waals surface area (Å²) in [5.41, 5.74) is 9.72. The van der Waals surface area contributed by atoms with Gasteiger partial charge in [-0.25, -0.2) is 4.79 Å². The smallest absolute Gasteiger partial charge is 0.312 e. The molecule has 19 heavy (non-hydrogen) atoms. The second-order valence-corrected chi connectivity index (χ2v) is 4.68. The number of fused-ring (bicyclic) bond motifs is 2. The van der Waals surface area contributed by atoms with Gasteiger partial charge >= 0.3 is 6.03 Å². The van der Waals surface area contributed by atoms with Gasteiger partial charge in [-0.3, -0.25) is 4.98 Å². The molecular formula is C15H15N3O. The molecule has 0 saturated carbocycles. The summed E-state index contributed by atoms with van der Waals surface area (Å²) in [5.74, 6) is 0. The minimum atomic E-state index is -0.517. The number of aryl methyl sites for hydroxylation is 2. The zero-order valence-electron chi connectivity index (χ0n) is 10.5. The van der Waals surface area contributed by atoms with Crippen molar-refractivity contribution in [1.82, 2.24) is 10.3 Å². The maximum Gasteiger partial charge on any atom is 0.312 e. The molecule has 4 nitrogen and oxygen atoms in total. The second kappa shape index (κ2) is 4.72. The number of hydrogen-bond donors (Lipinski definition) is 2. The lowest BCUT2D eigenvalue weighted by Crippen LogP contribution is -2.34. The minimum absolute atomic E-state index is 0.208. The highest BCUT2D eigenvalue weighted by Crippen LogP contribution is 2.31. The fourth-order valence-electron chi connectivity index (χ4n) is 2.68. The molecule has 0 bridgehead atoms. The molecule has 3 N–H and O–H groups in total. The van der Waals surface area contributed by atoms with E-state index >= 15 is 0 Å². The van der Waals surface area contributed by atoms with Crippen LogP contribution in [0.25, 0.3) is 0 Å². The monoisotopic (exact) mass is 253 g/mol. The molecular weight excluding hydrogens is 238 g/mol. The Balaban J connectivity index is 2.16. The van der Waals surface area contributed by atoms with Crippen molar-refractivity contribution in [3.63, 3.8) is 0 Å². The minimum Gasteiger partial charge on any atom is -0.352 e. The lowest BCUT2D eigenvalue weighted by atomic mass is 9.96. The number of nitrogens with one attached hydrogen (secondary N) is 1. The molecule has 3 rings (SSSR count). The highest BCUT2D eigenvalue weighted by atomic mass is 16.2. The molecule has 1 heterocycles. The first-order valence-electron chi connectivity index (χ1n) is 6.33. The van der Waals surface area contributed by atoms with Crippen molar-refractivity contribution >= 4 is 6.03 Å². The number of amides is 2. The van der Waals surface area contributed by atoms with Gasteiger partial charge in [0, 0.05) is 17.5 Å². The van der Waals surface area contributed by atoms with Gasteiger partial charge in [-0.05, 0) is 30.0 Å². The SMILES string of the molecule is NC(=O)NC1c2ccccc2CCc2ncccc21. The molecule has 96 valence electrons. The van der Waals surface area contributed by atoms with E-state index in [1.807, 2.05) is 30.3 Å². The molecule has 1 atom stereocenters. The summed E-state index contributed by atoms with van der Waals surface area (Å²) in [6.45, 7) is 0. The van der Waals surface area contributed by atoms with E-state index in [2.05, 4.69) is 16.4 Å². The van der Waals surface area contributed by atoms with Crippen molar-refractivity contribution < 1.29 is 4.79 Å². The van der Waals surface area contributed by atoms with Crippen molar-refractivity contribution in [3.05, 3.63) is 65.0 Å². The number of pyridine rings is 1. The summed E-state index contributed by atoms with van der Waals surface area (Å²) >= 11 is 0. The lowest BCUT2D eigenvalue weighted by Gasteiger charge is -2.20. The third-order valence-corrected chi connectivity index (χ3v) is 3.52. The van der Waals surface area contributed by atoms with Gasteiger partial charge in [0.15, 0.2) is 0 Å². The van der Waals surface area contributed by atoms with Gasteiger partial charge in [-0.15, -0.1) is 0 Å². The Hall–Kier alpha value is -2.36. The van der Waals surface area contributed by atoms with E-state index in [9.17, 15) is 4.79 Å². The van der Waals surface area contributed by atoms with Crippen LogP contribution in [0.3, 0.4) is 0 Å². The Morgan fingerprint density at radius 3 is 2.79 bits per heavy atom. The zero-order valence-corrected chi connectivity index (χ0v) is 10.5. The van der Waals surface area contributed by atoms with E-state index in [0.717, 1.165) is 29.7 Å². The van der Waals surface area contributed by atoms with E-state index < -0.39 is 6.03 Å². The number of nitrogens with two attached hydrogens (primary N) is 1. The number of primary amides is 1. The van der Waals surface area contributed by atoms with Crippen LogP contribution >= 0.6 is 0 Å². The van der Waals surface area contributed by atoms with Crippen molar-refractivity contribution in [1.29, 1.82) is 0 Å². The van der Waals surface area contributed by atoms with Crippen molar-refractivity contribution in [3.8, 4) is 0 Å². The van der Waals surface area contributed by atoms with Gasteiger partial charge < -0.3 is 11.1 Å². The highest BCUT2D eigenvalue weighted by molar-refractivity contribution is 5.73. The van der Waals surface area contributed by atoms with Gasteiger partial charge in [-0.2, -0.15) is 0 Å². The summed E-state index contributed by atoms with van der Waals surface area (Å²) in [4.78, 5) is 15.7. The number of urea groups is 1. The Bertz CT molecular complexity index is 577. The maximum absolute atomic E-state index is 11.3. The molecule has 0 fully saturated rings. The molecule has 1 aliphatic rings. The molecule has 0 saturated heterocycles. The fraction of sp³-hybridized carbons (Fsp3) is 0.200. The maximum atomic E-state index is 11.3. The van der Waals surface area contributed by atoms with Crippen LogP contribution in [-0.2, 0) is 12.8 Å². The quantitative estimate of drug-likeness (QED) is 0.815. The lowest BCUT2D eigenvalue weighted by molar-refractivity contribution is 0.247. The topological polar surface area (TPSA) is 68.0 Å². The highest BCUT2D eigenvalue weighted by Gasteiger charge is 2.24. The Kier molecular flexibility index (Phi) is 2.91. The van der Waals surface area contributed by atoms with E-state index in [1.54, 1.807) is 6.20 Å². The van der Waals surface area contributed by atoms with Crippen LogP contribution in [-0.4, -0.2) is 11.0 Å². The van der Waals surface area contributed by atoms with Crippen molar-refractivity contribution in [2.45, 2.75) is 18.9 Å². The third-order valence-electron chi connectivity index (χ3n) is 3.52. The van der Waals surface area contributed by atoms with E-state index in [4.69, 9.17) is 5.73 Å². The van der Waals surface area contributed by atoms with E-state index in [-0.39, 0.29) is 6.04 Å². The number of benzene rings is 1. The number of hydrogen-bond acceptors (Lipinski definition) is 2. The molecule has 0 spiro atoms. The van der Waals surface area contributed by atoms with Crippen LogP contribution in [0.15, 0.2) is 42.6 Å². The molecule has 2 aromatic rings. The summed E-state index contributed by atoms with van der Waals surface area (Å²) in [5, 5.41) is 2.83. The predicted molar refractivity (Wildman–Crippen MR) is 72.6 cm³/mol. The molecule has 1 unspecified atom stereocenters. The van der Waals surface area contributed by atoms with Crippen LogP contribution in [0.2, 0.25) is 0 Å². The summed E-state index contributed by atoms with van der Waals surface area (Å²) in [7, 11) is 0. The summed E-state index contributed by atoms with van der Waals surface area (Å²) in [6, 6.07) is 11.3. The first-order chi connectivity index (χ1) is 9.25. The van der Waals surface area contributed by atoms with Crippen LogP contribution in [0.4, 0.5) is 4.79 Å². The van der Waals surface area contributed by atoms with Gasteiger partial charge in [0.1, 0.15) is 0 Å². The van der Waals surface area contributed by atoms with Crippen LogP contribution in [0.5, 0.6) is 0 Å². The van der Waals surface area contributed by atoms with Gasteiger partial charge in [0.25, 0.3) is 0 Å². The Labute approximate surface area is 111 Å². The van der Waals surface area contributed by atoms with Gasteiger partial charge in [0.2, 0.25) is 0 Å².